The minimum atomic E-state index is -1.56. The van der Waals surface area contributed by atoms with E-state index < -0.39 is 24.0 Å². The van der Waals surface area contributed by atoms with Crippen LogP contribution in [0.15, 0.2) is 18.6 Å². The number of halogens is 1. The Kier molecular flexibility index (Phi) is 3.19. The zero-order valence-corrected chi connectivity index (χ0v) is 11.4. The van der Waals surface area contributed by atoms with Crippen LogP contribution >= 0.6 is 11.6 Å². The smallest absolute Gasteiger partial charge is 0.167 e. The minimum absolute atomic E-state index is 0.297. The molecule has 3 rings (SSSR count). The molecular weight excluding hydrogens is 286 g/mol. The van der Waals surface area contributed by atoms with E-state index >= 15 is 0 Å². The monoisotopic (exact) mass is 299 g/mol. The first-order valence-corrected chi connectivity index (χ1v) is 6.48. The van der Waals surface area contributed by atoms with Crippen LogP contribution in [0.25, 0.3) is 11.0 Å². The molecule has 3 N–H and O–H groups in total. The largest absolute Gasteiger partial charge is 0.394 e. The Hall–Kier alpha value is -1.25. The van der Waals surface area contributed by atoms with Crippen LogP contribution in [0, 0.1) is 0 Å². The third kappa shape index (κ3) is 1.82. The number of fused-ring (bicyclic) bond motifs is 1. The fourth-order valence-corrected chi connectivity index (χ4v) is 2.71. The summed E-state index contributed by atoms with van der Waals surface area (Å²) in [6.45, 7) is 1.06. The average molecular weight is 300 g/mol. The number of hydrogen-bond donors (Lipinski definition) is 3. The van der Waals surface area contributed by atoms with Crippen LogP contribution in [0.1, 0.15) is 13.2 Å². The predicted octanol–water partition coefficient (Wildman–Crippen LogP) is 0.0863. The summed E-state index contributed by atoms with van der Waals surface area (Å²) in [5.41, 5.74) is -1.07. The molecular formula is C12H14ClN3O4. The van der Waals surface area contributed by atoms with E-state index in [-0.39, 0.29) is 6.61 Å². The molecule has 0 aromatic carbocycles. The molecule has 2 aromatic heterocycles. The molecule has 1 aliphatic heterocycles. The maximum atomic E-state index is 10.4. The predicted molar refractivity (Wildman–Crippen MR) is 70.2 cm³/mol. The van der Waals surface area contributed by atoms with Crippen LogP contribution in [0.2, 0.25) is 5.15 Å². The van der Waals surface area contributed by atoms with Gasteiger partial charge in [-0.1, -0.05) is 11.6 Å². The first-order valence-electron chi connectivity index (χ1n) is 6.10. The number of nitrogens with zero attached hydrogens (tertiary/aromatic N) is 3. The van der Waals surface area contributed by atoms with Gasteiger partial charge in [-0.25, -0.2) is 9.97 Å². The zero-order valence-electron chi connectivity index (χ0n) is 10.6. The lowest BCUT2D eigenvalue weighted by Crippen LogP contribution is -2.44. The van der Waals surface area contributed by atoms with Crippen molar-refractivity contribution >= 4 is 22.6 Å². The van der Waals surface area contributed by atoms with E-state index in [9.17, 15) is 15.3 Å². The Labute approximate surface area is 119 Å². The number of rotatable bonds is 2. The van der Waals surface area contributed by atoms with E-state index in [1.165, 1.54) is 13.3 Å². The molecule has 1 saturated heterocycles. The van der Waals surface area contributed by atoms with Crippen molar-refractivity contribution in [2.45, 2.75) is 31.0 Å². The summed E-state index contributed by atoms with van der Waals surface area (Å²) in [7, 11) is 0. The van der Waals surface area contributed by atoms with E-state index in [0.29, 0.717) is 16.2 Å². The summed E-state index contributed by atoms with van der Waals surface area (Å²) in [4.78, 5) is 8.00. The van der Waals surface area contributed by atoms with Gasteiger partial charge in [-0.2, -0.15) is 0 Å². The number of aliphatic hydroxyl groups is 3. The molecule has 0 radical (unpaired) electrons. The van der Waals surface area contributed by atoms with Crippen molar-refractivity contribution in [3.8, 4) is 0 Å². The van der Waals surface area contributed by atoms with Crippen LogP contribution < -0.4 is 0 Å². The van der Waals surface area contributed by atoms with Crippen molar-refractivity contribution in [3.05, 3.63) is 23.7 Å². The maximum absolute atomic E-state index is 10.4. The molecule has 0 bridgehead atoms. The summed E-state index contributed by atoms with van der Waals surface area (Å²) >= 11 is 5.98. The Morgan fingerprint density at radius 1 is 1.50 bits per heavy atom. The summed E-state index contributed by atoms with van der Waals surface area (Å²) < 4.78 is 7.11. The molecule has 0 saturated carbocycles. The highest BCUT2D eigenvalue weighted by molar-refractivity contribution is 6.33. The highest BCUT2D eigenvalue weighted by Gasteiger charge is 2.53. The van der Waals surface area contributed by atoms with Crippen molar-refractivity contribution in [2.24, 2.45) is 0 Å². The molecule has 0 aliphatic carbocycles. The van der Waals surface area contributed by atoms with Crippen molar-refractivity contribution in [1.82, 2.24) is 14.5 Å². The second-order valence-electron chi connectivity index (χ2n) is 5.00. The van der Waals surface area contributed by atoms with Crippen LogP contribution in [0.5, 0.6) is 0 Å². The molecule has 1 fully saturated rings. The van der Waals surface area contributed by atoms with Gasteiger partial charge in [0.05, 0.1) is 12.0 Å². The Morgan fingerprint density at radius 3 is 2.90 bits per heavy atom. The van der Waals surface area contributed by atoms with Gasteiger partial charge in [0.15, 0.2) is 6.23 Å². The number of ether oxygens (including phenoxy) is 1. The molecule has 8 heteroatoms. The normalized spacial score (nSPS) is 34.0. The fraction of sp³-hybridized carbons (Fsp3) is 0.500. The highest BCUT2D eigenvalue weighted by atomic mass is 35.5. The summed E-state index contributed by atoms with van der Waals surface area (Å²) in [5, 5.41) is 30.6. The highest BCUT2D eigenvalue weighted by Crippen LogP contribution is 2.39. The zero-order chi connectivity index (χ0) is 14.5. The van der Waals surface area contributed by atoms with Gasteiger partial charge >= 0.3 is 0 Å². The third-order valence-electron chi connectivity index (χ3n) is 3.65. The third-order valence-corrected chi connectivity index (χ3v) is 3.95. The van der Waals surface area contributed by atoms with Crippen LogP contribution in [-0.4, -0.2) is 54.3 Å². The van der Waals surface area contributed by atoms with E-state index in [1.54, 1.807) is 16.8 Å². The van der Waals surface area contributed by atoms with E-state index in [2.05, 4.69) is 9.97 Å². The van der Waals surface area contributed by atoms with Crippen LogP contribution in [0.4, 0.5) is 0 Å². The number of aromatic nitrogens is 3. The lowest BCUT2D eigenvalue weighted by atomic mass is 9.96. The van der Waals surface area contributed by atoms with Gasteiger partial charge in [-0.05, 0) is 13.0 Å². The molecule has 4 atom stereocenters. The van der Waals surface area contributed by atoms with Crippen LogP contribution in [0.3, 0.4) is 0 Å². The molecule has 2 unspecified atom stereocenters. The second kappa shape index (κ2) is 4.64. The second-order valence-corrected chi connectivity index (χ2v) is 5.36. The van der Waals surface area contributed by atoms with Crippen molar-refractivity contribution in [2.75, 3.05) is 6.61 Å². The molecule has 2 aromatic rings. The van der Waals surface area contributed by atoms with Crippen molar-refractivity contribution in [3.63, 3.8) is 0 Å². The fourth-order valence-electron chi connectivity index (χ4n) is 2.52. The molecule has 7 nitrogen and oxygen atoms in total. The number of aliphatic hydroxyl groups excluding tert-OH is 2. The molecule has 0 amide bonds. The molecule has 1 aliphatic rings. The number of hydrogen-bond acceptors (Lipinski definition) is 6. The molecule has 0 spiro atoms. The van der Waals surface area contributed by atoms with Gasteiger partial charge in [0.2, 0.25) is 0 Å². The van der Waals surface area contributed by atoms with Gasteiger partial charge < -0.3 is 24.6 Å². The maximum Gasteiger partial charge on any atom is 0.167 e. The summed E-state index contributed by atoms with van der Waals surface area (Å²) in [6.07, 6.45) is 0.0249. The first kappa shape index (κ1) is 13.7. The molecule has 108 valence electrons. The standard InChI is InChI=1S/C12H14ClN3O4/c1-12(19)8(18)7(4-17)20-11(12)16-3-2-6-9(13)14-5-15-10(6)16/h2-3,5,7-8,11,17-19H,4H2,1H3/t7-,8-,11?,12?/m1/s1. The average Bonchev–Trinajstić information content (AvgIpc) is 2.92. The van der Waals surface area contributed by atoms with E-state index in [0.717, 1.165) is 0 Å². The lowest BCUT2D eigenvalue weighted by Gasteiger charge is -2.27. The van der Waals surface area contributed by atoms with Gasteiger partial charge in [0, 0.05) is 6.20 Å². The Bertz CT molecular complexity index is 645. The quantitative estimate of drug-likeness (QED) is 0.679. The molecule has 3 heterocycles. The Morgan fingerprint density at radius 2 is 2.25 bits per heavy atom. The summed E-state index contributed by atoms with van der Waals surface area (Å²) in [5.74, 6) is 0. The van der Waals surface area contributed by atoms with Gasteiger partial charge in [0.1, 0.15) is 34.9 Å². The lowest BCUT2D eigenvalue weighted by molar-refractivity contribution is -0.0948. The Balaban J connectivity index is 2.10. The first-order chi connectivity index (χ1) is 9.46. The van der Waals surface area contributed by atoms with Gasteiger partial charge in [-0.15, -0.1) is 0 Å². The topological polar surface area (TPSA) is 101 Å². The van der Waals surface area contributed by atoms with Crippen molar-refractivity contribution < 1.29 is 20.1 Å². The van der Waals surface area contributed by atoms with E-state index in [4.69, 9.17) is 16.3 Å². The van der Waals surface area contributed by atoms with Crippen molar-refractivity contribution in [1.29, 1.82) is 0 Å². The van der Waals surface area contributed by atoms with Gasteiger partial charge in [0.25, 0.3) is 0 Å². The van der Waals surface area contributed by atoms with Crippen LogP contribution in [-0.2, 0) is 4.74 Å². The minimum Gasteiger partial charge on any atom is -0.394 e. The molecule has 20 heavy (non-hydrogen) atoms. The summed E-state index contributed by atoms with van der Waals surface area (Å²) in [6, 6.07) is 1.70. The van der Waals surface area contributed by atoms with E-state index in [1.807, 2.05) is 0 Å². The SMILES string of the molecule is CC1(O)C(n2ccc3c(Cl)ncnc32)O[C@H](CO)[C@H]1O. The van der Waals surface area contributed by atoms with Gasteiger partial charge in [-0.3, -0.25) is 0 Å².